The Morgan fingerprint density at radius 2 is 2.00 bits per heavy atom. The fourth-order valence-electron chi connectivity index (χ4n) is 3.55. The lowest BCUT2D eigenvalue weighted by Gasteiger charge is -2.46. The third-order valence-corrected chi connectivity index (χ3v) is 4.49. The smallest absolute Gasteiger partial charge is 0.131 e. The van der Waals surface area contributed by atoms with Gasteiger partial charge in [-0.2, -0.15) is 0 Å². The molecule has 1 aliphatic carbocycles. The second-order valence-corrected chi connectivity index (χ2v) is 6.29. The average Bonchev–Trinajstić information content (AvgIpc) is 2.25. The Hall–Kier alpha value is -1.64. The SMILES string of the molecule is CC1=CCC2C(C1)c1c(O)cc(O)cc1OC2(C)C. The Morgan fingerprint density at radius 3 is 2.74 bits per heavy atom. The van der Waals surface area contributed by atoms with Gasteiger partial charge in [0.15, 0.2) is 0 Å². The van der Waals surface area contributed by atoms with E-state index in [2.05, 4.69) is 26.8 Å². The molecule has 2 unspecified atom stereocenters. The molecule has 2 atom stereocenters. The number of phenols is 2. The Balaban J connectivity index is 2.17. The lowest BCUT2D eigenvalue weighted by molar-refractivity contribution is 0.00741. The molecule has 0 aromatic heterocycles. The number of fused-ring (bicyclic) bond motifs is 3. The maximum absolute atomic E-state index is 10.2. The van der Waals surface area contributed by atoms with Crippen molar-refractivity contribution in [3.63, 3.8) is 0 Å². The van der Waals surface area contributed by atoms with Crippen molar-refractivity contribution >= 4 is 0 Å². The van der Waals surface area contributed by atoms with Crippen molar-refractivity contribution in [2.45, 2.75) is 45.1 Å². The zero-order valence-corrected chi connectivity index (χ0v) is 11.6. The third-order valence-electron chi connectivity index (χ3n) is 4.49. The van der Waals surface area contributed by atoms with E-state index in [1.165, 1.54) is 11.6 Å². The van der Waals surface area contributed by atoms with Gasteiger partial charge in [0.1, 0.15) is 22.8 Å². The molecule has 0 spiro atoms. The lowest BCUT2D eigenvalue weighted by Crippen LogP contribution is -2.45. The highest BCUT2D eigenvalue weighted by atomic mass is 16.5. The van der Waals surface area contributed by atoms with Crippen molar-refractivity contribution in [3.8, 4) is 17.2 Å². The van der Waals surface area contributed by atoms with Gasteiger partial charge in [-0.15, -0.1) is 0 Å². The number of allylic oxidation sites excluding steroid dienone is 2. The van der Waals surface area contributed by atoms with Crippen LogP contribution in [0.1, 0.15) is 45.1 Å². The molecule has 0 radical (unpaired) electrons. The van der Waals surface area contributed by atoms with Gasteiger partial charge in [-0.25, -0.2) is 0 Å². The summed E-state index contributed by atoms with van der Waals surface area (Å²) < 4.78 is 6.04. The predicted molar refractivity (Wildman–Crippen MR) is 73.7 cm³/mol. The van der Waals surface area contributed by atoms with Crippen LogP contribution < -0.4 is 4.74 Å². The molecular weight excluding hydrogens is 240 g/mol. The van der Waals surface area contributed by atoms with Crippen LogP contribution in [0, 0.1) is 5.92 Å². The van der Waals surface area contributed by atoms with E-state index in [1.54, 1.807) is 6.07 Å². The van der Waals surface area contributed by atoms with Crippen LogP contribution in [0.2, 0.25) is 0 Å². The van der Waals surface area contributed by atoms with Gasteiger partial charge in [-0.05, 0) is 33.6 Å². The van der Waals surface area contributed by atoms with Gasteiger partial charge in [-0.3, -0.25) is 0 Å². The normalized spacial score (nSPS) is 27.8. The van der Waals surface area contributed by atoms with Crippen molar-refractivity contribution in [1.29, 1.82) is 0 Å². The van der Waals surface area contributed by atoms with Gasteiger partial charge >= 0.3 is 0 Å². The second-order valence-electron chi connectivity index (χ2n) is 6.29. The maximum Gasteiger partial charge on any atom is 0.131 e. The number of aromatic hydroxyl groups is 2. The molecule has 2 N–H and O–H groups in total. The lowest BCUT2D eigenvalue weighted by atomic mass is 9.67. The Morgan fingerprint density at radius 1 is 1.26 bits per heavy atom. The molecule has 19 heavy (non-hydrogen) atoms. The number of hydrogen-bond donors (Lipinski definition) is 2. The number of benzene rings is 1. The molecule has 3 nitrogen and oxygen atoms in total. The number of hydrogen-bond acceptors (Lipinski definition) is 3. The molecule has 102 valence electrons. The minimum absolute atomic E-state index is 0.0496. The maximum atomic E-state index is 10.2. The Labute approximate surface area is 113 Å². The molecule has 3 rings (SSSR count). The van der Waals surface area contributed by atoms with E-state index in [0.717, 1.165) is 18.4 Å². The zero-order chi connectivity index (χ0) is 13.8. The zero-order valence-electron chi connectivity index (χ0n) is 11.6. The topological polar surface area (TPSA) is 49.7 Å². The molecule has 0 saturated heterocycles. The summed E-state index contributed by atoms with van der Waals surface area (Å²) in [5.41, 5.74) is 1.93. The van der Waals surface area contributed by atoms with Crippen molar-refractivity contribution in [2.75, 3.05) is 0 Å². The van der Waals surface area contributed by atoms with Crippen LogP contribution in [0.5, 0.6) is 17.2 Å². The van der Waals surface area contributed by atoms with Gasteiger partial charge in [0.2, 0.25) is 0 Å². The number of ether oxygens (including phenoxy) is 1. The Bertz CT molecular complexity index is 557. The van der Waals surface area contributed by atoms with Crippen LogP contribution in [-0.4, -0.2) is 15.8 Å². The Kier molecular flexibility index (Phi) is 2.56. The summed E-state index contributed by atoms with van der Waals surface area (Å²) >= 11 is 0. The number of phenolic OH excluding ortho intramolecular Hbond substituents is 2. The first-order valence-electron chi connectivity index (χ1n) is 6.79. The summed E-state index contributed by atoms with van der Waals surface area (Å²) in [6.45, 7) is 6.31. The van der Waals surface area contributed by atoms with Crippen LogP contribution in [0.3, 0.4) is 0 Å². The molecule has 0 fully saturated rings. The van der Waals surface area contributed by atoms with E-state index in [0.29, 0.717) is 11.7 Å². The summed E-state index contributed by atoms with van der Waals surface area (Å²) in [4.78, 5) is 0. The highest BCUT2D eigenvalue weighted by Gasteiger charge is 2.45. The molecule has 0 saturated carbocycles. The van der Waals surface area contributed by atoms with Crippen molar-refractivity contribution in [3.05, 3.63) is 29.3 Å². The van der Waals surface area contributed by atoms with Crippen LogP contribution in [0.25, 0.3) is 0 Å². The summed E-state index contributed by atoms with van der Waals surface area (Å²) in [6.07, 6.45) is 4.20. The number of rotatable bonds is 0. The fourth-order valence-corrected chi connectivity index (χ4v) is 3.55. The monoisotopic (exact) mass is 260 g/mol. The van der Waals surface area contributed by atoms with Gasteiger partial charge in [0.05, 0.1) is 0 Å². The quantitative estimate of drug-likeness (QED) is 0.699. The van der Waals surface area contributed by atoms with E-state index >= 15 is 0 Å². The van der Waals surface area contributed by atoms with E-state index in [-0.39, 0.29) is 23.0 Å². The fraction of sp³-hybridized carbons (Fsp3) is 0.500. The minimum Gasteiger partial charge on any atom is -0.508 e. The highest BCUT2D eigenvalue weighted by molar-refractivity contribution is 5.54. The first-order chi connectivity index (χ1) is 8.88. The van der Waals surface area contributed by atoms with E-state index < -0.39 is 0 Å². The van der Waals surface area contributed by atoms with Gasteiger partial charge in [0.25, 0.3) is 0 Å². The molecule has 1 aromatic carbocycles. The van der Waals surface area contributed by atoms with E-state index in [9.17, 15) is 10.2 Å². The van der Waals surface area contributed by atoms with Crippen LogP contribution >= 0.6 is 0 Å². The second kappa shape index (κ2) is 3.92. The van der Waals surface area contributed by atoms with Crippen LogP contribution in [-0.2, 0) is 0 Å². The summed E-state index contributed by atoms with van der Waals surface area (Å²) in [6, 6.07) is 3.02. The van der Waals surface area contributed by atoms with Gasteiger partial charge < -0.3 is 14.9 Å². The highest BCUT2D eigenvalue weighted by Crippen LogP contribution is 2.54. The van der Waals surface area contributed by atoms with Gasteiger partial charge in [-0.1, -0.05) is 11.6 Å². The minimum atomic E-state index is -0.283. The summed E-state index contributed by atoms with van der Waals surface area (Å²) in [5.74, 6) is 1.45. The van der Waals surface area contributed by atoms with Gasteiger partial charge in [0, 0.05) is 29.5 Å². The molecule has 0 bridgehead atoms. The molecule has 3 heteroatoms. The molecule has 2 aliphatic rings. The average molecular weight is 260 g/mol. The molecule has 0 amide bonds. The summed E-state index contributed by atoms with van der Waals surface area (Å²) in [7, 11) is 0. The molecule has 1 aliphatic heterocycles. The van der Waals surface area contributed by atoms with E-state index in [1.807, 2.05) is 0 Å². The first kappa shape index (κ1) is 12.4. The van der Waals surface area contributed by atoms with Crippen LogP contribution in [0.4, 0.5) is 0 Å². The van der Waals surface area contributed by atoms with Crippen molar-refractivity contribution in [1.82, 2.24) is 0 Å². The van der Waals surface area contributed by atoms with Crippen molar-refractivity contribution in [2.24, 2.45) is 5.92 Å². The summed E-state index contributed by atoms with van der Waals surface area (Å²) in [5, 5.41) is 19.8. The first-order valence-corrected chi connectivity index (χ1v) is 6.79. The van der Waals surface area contributed by atoms with Crippen molar-refractivity contribution < 1.29 is 14.9 Å². The largest absolute Gasteiger partial charge is 0.508 e. The molecule has 1 aromatic rings. The standard InChI is InChI=1S/C16H20O3/c1-9-4-5-12-11(6-9)15-13(18)7-10(17)8-14(15)19-16(12,2)3/h4,7-8,11-12,17-18H,5-6H2,1-3H3. The third kappa shape index (κ3) is 1.88. The molecular formula is C16H20O3. The predicted octanol–water partition coefficient (Wildman–Crippen LogP) is 3.71. The van der Waals surface area contributed by atoms with Crippen LogP contribution in [0.15, 0.2) is 23.8 Å². The van der Waals surface area contributed by atoms with E-state index in [4.69, 9.17) is 4.74 Å². The molecule has 1 heterocycles.